The molecule has 1 aromatic rings. The Morgan fingerprint density at radius 3 is 2.95 bits per heavy atom. The van der Waals surface area contributed by atoms with Crippen LogP contribution in [0.2, 0.25) is 5.02 Å². The number of hydrogen-bond acceptors (Lipinski definition) is 3. The molecular weight excluding hydrogens is 311 g/mol. The van der Waals surface area contributed by atoms with E-state index in [2.05, 4.69) is 10.6 Å². The van der Waals surface area contributed by atoms with Crippen molar-refractivity contribution >= 4 is 17.6 Å². The van der Waals surface area contributed by atoms with Crippen molar-refractivity contribution in [2.75, 3.05) is 6.54 Å². The SMILES string of the molecule is O=C(NC[C@H](O)c1ccc(Cl)c(F)c1)N[C@H]1C[C@H]2CC[C@H]1O2. The Hall–Kier alpha value is -1.37. The lowest BCUT2D eigenvalue weighted by Gasteiger charge is -2.21. The maximum Gasteiger partial charge on any atom is 0.315 e. The molecule has 2 amide bonds. The smallest absolute Gasteiger partial charge is 0.315 e. The fourth-order valence-electron chi connectivity index (χ4n) is 3.04. The number of benzene rings is 1. The standard InChI is InChI=1S/C15H18ClFN2O3/c16-10-3-1-8(5-11(10)17)13(20)7-18-15(21)19-12-6-9-2-4-14(12)22-9/h1,3,5,9,12-14,20H,2,4,6-7H2,(H2,18,19,21)/t9-,12+,13+,14-/m1/s1. The molecule has 2 fully saturated rings. The van der Waals surface area contributed by atoms with Gasteiger partial charge in [-0.25, -0.2) is 9.18 Å². The number of fused-ring (bicyclic) bond motifs is 2. The van der Waals surface area contributed by atoms with E-state index in [-0.39, 0.29) is 35.8 Å². The van der Waals surface area contributed by atoms with Crippen molar-refractivity contribution in [1.29, 1.82) is 0 Å². The number of aliphatic hydroxyl groups excluding tert-OH is 1. The first-order valence-electron chi connectivity index (χ1n) is 7.36. The number of ether oxygens (including phenoxy) is 1. The third-order valence-electron chi connectivity index (χ3n) is 4.21. The number of carbonyl (C=O) groups is 1. The molecule has 2 heterocycles. The van der Waals surface area contributed by atoms with E-state index in [9.17, 15) is 14.3 Å². The highest BCUT2D eigenvalue weighted by molar-refractivity contribution is 6.30. The molecule has 4 atom stereocenters. The lowest BCUT2D eigenvalue weighted by Crippen LogP contribution is -2.47. The van der Waals surface area contributed by atoms with Crippen molar-refractivity contribution in [3.05, 3.63) is 34.6 Å². The lowest BCUT2D eigenvalue weighted by atomic mass is 9.96. The van der Waals surface area contributed by atoms with E-state index in [0.717, 1.165) is 25.3 Å². The van der Waals surface area contributed by atoms with E-state index in [1.807, 2.05) is 0 Å². The van der Waals surface area contributed by atoms with Gasteiger partial charge in [-0.15, -0.1) is 0 Å². The second kappa shape index (κ2) is 6.40. The fourth-order valence-corrected chi connectivity index (χ4v) is 3.15. The zero-order valence-electron chi connectivity index (χ0n) is 11.9. The maximum atomic E-state index is 13.3. The van der Waals surface area contributed by atoms with Crippen molar-refractivity contribution in [3.8, 4) is 0 Å². The molecule has 0 saturated carbocycles. The van der Waals surface area contributed by atoms with Gasteiger partial charge in [0.1, 0.15) is 5.82 Å². The van der Waals surface area contributed by atoms with Gasteiger partial charge < -0.3 is 20.5 Å². The number of urea groups is 1. The Balaban J connectivity index is 1.47. The van der Waals surface area contributed by atoms with Gasteiger partial charge in [0.05, 0.1) is 29.4 Å². The minimum absolute atomic E-state index is 0.00191. The topological polar surface area (TPSA) is 70.6 Å². The molecule has 120 valence electrons. The first-order valence-corrected chi connectivity index (χ1v) is 7.73. The van der Waals surface area contributed by atoms with Gasteiger partial charge in [0.25, 0.3) is 0 Å². The van der Waals surface area contributed by atoms with Gasteiger partial charge >= 0.3 is 6.03 Å². The zero-order valence-corrected chi connectivity index (χ0v) is 12.6. The summed E-state index contributed by atoms with van der Waals surface area (Å²) < 4.78 is 19.0. The minimum Gasteiger partial charge on any atom is -0.387 e. The number of halogens is 2. The van der Waals surface area contributed by atoms with Crippen LogP contribution in [0.3, 0.4) is 0 Å². The van der Waals surface area contributed by atoms with Gasteiger partial charge in [-0.3, -0.25) is 0 Å². The van der Waals surface area contributed by atoms with Crippen molar-refractivity contribution in [1.82, 2.24) is 10.6 Å². The Morgan fingerprint density at radius 1 is 1.50 bits per heavy atom. The van der Waals surface area contributed by atoms with E-state index in [1.54, 1.807) is 0 Å². The van der Waals surface area contributed by atoms with Crippen LogP contribution in [0.25, 0.3) is 0 Å². The number of aliphatic hydroxyl groups is 1. The van der Waals surface area contributed by atoms with Crippen LogP contribution >= 0.6 is 11.6 Å². The van der Waals surface area contributed by atoms with Gasteiger partial charge in [0.15, 0.2) is 0 Å². The first kappa shape index (κ1) is 15.5. The number of rotatable bonds is 4. The summed E-state index contributed by atoms with van der Waals surface area (Å²) in [6, 6.07) is 3.75. The van der Waals surface area contributed by atoms with E-state index in [0.29, 0.717) is 5.56 Å². The average Bonchev–Trinajstić information content (AvgIpc) is 3.10. The third-order valence-corrected chi connectivity index (χ3v) is 4.51. The Morgan fingerprint density at radius 2 is 2.32 bits per heavy atom. The summed E-state index contributed by atoms with van der Waals surface area (Å²) in [6.07, 6.45) is 2.24. The van der Waals surface area contributed by atoms with E-state index < -0.39 is 11.9 Å². The van der Waals surface area contributed by atoms with Crippen LogP contribution in [0.5, 0.6) is 0 Å². The molecule has 2 aliphatic heterocycles. The third kappa shape index (κ3) is 3.34. The molecule has 3 rings (SSSR count). The van der Waals surface area contributed by atoms with Crippen LogP contribution in [0, 0.1) is 5.82 Å². The van der Waals surface area contributed by atoms with Crippen LogP contribution in [0.1, 0.15) is 30.9 Å². The quantitative estimate of drug-likeness (QED) is 0.793. The molecule has 7 heteroatoms. The van der Waals surface area contributed by atoms with Gasteiger partial charge in [0.2, 0.25) is 0 Å². The van der Waals surface area contributed by atoms with E-state index in [1.165, 1.54) is 12.1 Å². The fraction of sp³-hybridized carbons (Fsp3) is 0.533. The summed E-state index contributed by atoms with van der Waals surface area (Å²) in [6.45, 7) is -0.00538. The van der Waals surface area contributed by atoms with Gasteiger partial charge in [-0.05, 0) is 37.0 Å². The highest BCUT2D eigenvalue weighted by Crippen LogP contribution is 2.34. The van der Waals surface area contributed by atoms with Crippen molar-refractivity contribution in [2.24, 2.45) is 0 Å². The van der Waals surface area contributed by atoms with Crippen molar-refractivity contribution in [3.63, 3.8) is 0 Å². The predicted molar refractivity (Wildman–Crippen MR) is 79.2 cm³/mol. The maximum absolute atomic E-state index is 13.3. The molecule has 3 N–H and O–H groups in total. The first-order chi connectivity index (χ1) is 10.5. The molecular formula is C15H18ClFN2O3. The summed E-state index contributed by atoms with van der Waals surface area (Å²) in [7, 11) is 0. The van der Waals surface area contributed by atoms with E-state index >= 15 is 0 Å². The van der Waals surface area contributed by atoms with Crippen molar-refractivity contribution in [2.45, 2.75) is 43.6 Å². The second-order valence-corrected chi connectivity index (χ2v) is 6.17. The summed E-state index contributed by atoms with van der Waals surface area (Å²) in [4.78, 5) is 11.8. The highest BCUT2D eigenvalue weighted by atomic mass is 35.5. The van der Waals surface area contributed by atoms with Crippen LogP contribution in [-0.4, -0.2) is 35.9 Å². The Kier molecular flexibility index (Phi) is 4.52. The van der Waals surface area contributed by atoms with Crippen LogP contribution < -0.4 is 10.6 Å². The number of hydrogen-bond donors (Lipinski definition) is 3. The molecule has 0 unspecified atom stereocenters. The summed E-state index contributed by atoms with van der Waals surface area (Å²) in [5.41, 5.74) is 0.366. The minimum atomic E-state index is -0.992. The molecule has 5 nitrogen and oxygen atoms in total. The average molecular weight is 329 g/mol. The molecule has 1 aromatic carbocycles. The molecule has 0 aliphatic carbocycles. The highest BCUT2D eigenvalue weighted by Gasteiger charge is 2.41. The van der Waals surface area contributed by atoms with E-state index in [4.69, 9.17) is 16.3 Å². The molecule has 0 spiro atoms. The number of carbonyl (C=O) groups excluding carboxylic acids is 1. The molecule has 2 aliphatic rings. The normalized spacial score (nSPS) is 27.7. The monoisotopic (exact) mass is 328 g/mol. The van der Waals surface area contributed by atoms with Crippen molar-refractivity contribution < 1.29 is 19.0 Å². The van der Waals surface area contributed by atoms with Crippen LogP contribution in [0.15, 0.2) is 18.2 Å². The van der Waals surface area contributed by atoms with Crippen LogP contribution in [0.4, 0.5) is 9.18 Å². The number of amides is 2. The predicted octanol–water partition coefficient (Wildman–Crippen LogP) is 2.13. The summed E-state index contributed by atoms with van der Waals surface area (Å²) in [5.74, 6) is -0.596. The molecule has 0 aromatic heterocycles. The van der Waals surface area contributed by atoms with Gasteiger partial charge in [0, 0.05) is 6.54 Å². The molecule has 2 bridgehead atoms. The largest absolute Gasteiger partial charge is 0.387 e. The van der Waals surface area contributed by atoms with Crippen LogP contribution in [-0.2, 0) is 4.74 Å². The Bertz CT molecular complexity index is 572. The van der Waals surface area contributed by atoms with Gasteiger partial charge in [-0.1, -0.05) is 17.7 Å². The zero-order chi connectivity index (χ0) is 15.7. The number of nitrogens with one attached hydrogen (secondary N) is 2. The van der Waals surface area contributed by atoms with Gasteiger partial charge in [-0.2, -0.15) is 0 Å². The molecule has 0 radical (unpaired) electrons. The molecule has 2 saturated heterocycles. The second-order valence-electron chi connectivity index (χ2n) is 5.76. The Labute approximate surface area is 132 Å². The summed E-state index contributed by atoms with van der Waals surface area (Å²) >= 11 is 5.59. The lowest BCUT2D eigenvalue weighted by molar-refractivity contribution is 0.0979. The molecule has 22 heavy (non-hydrogen) atoms. The summed E-state index contributed by atoms with van der Waals surface area (Å²) in [5, 5.41) is 15.4.